The summed E-state index contributed by atoms with van der Waals surface area (Å²) in [6.07, 6.45) is 1.80. The van der Waals surface area contributed by atoms with Gasteiger partial charge in [0.2, 0.25) is 0 Å². The second-order valence-electron chi connectivity index (χ2n) is 8.29. The van der Waals surface area contributed by atoms with E-state index in [1.807, 2.05) is 88.4 Å². The molecule has 0 aliphatic carbocycles. The molecule has 35 heavy (non-hydrogen) atoms. The Bertz CT molecular complexity index is 1370. The molecule has 5 aromatic rings. The number of nitrogens with zero attached hydrogens (tertiary/aromatic N) is 6. The minimum Gasteiger partial charge on any atom is -0.304 e. The predicted molar refractivity (Wildman–Crippen MR) is 133 cm³/mol. The molecule has 0 unspecified atom stereocenters. The third-order valence-corrected chi connectivity index (χ3v) is 5.32. The van der Waals surface area contributed by atoms with Gasteiger partial charge in [-0.2, -0.15) is 0 Å². The van der Waals surface area contributed by atoms with Gasteiger partial charge in [0.05, 0.1) is 0 Å². The van der Waals surface area contributed by atoms with Crippen LogP contribution < -0.4 is 0 Å². The molecule has 4 heterocycles. The van der Waals surface area contributed by atoms with Gasteiger partial charge in [-0.25, -0.2) is 15.0 Å². The topological polar surface area (TPSA) is 77.3 Å². The molecule has 5 rings (SSSR count). The molecular weight excluding hydrogens is 613 g/mol. The Kier molecular flexibility index (Phi) is 7.20. The van der Waals surface area contributed by atoms with E-state index in [9.17, 15) is 0 Å². The van der Waals surface area contributed by atoms with Crippen LogP contribution in [0.15, 0.2) is 66.9 Å². The van der Waals surface area contributed by atoms with Crippen LogP contribution in [0.5, 0.6) is 0 Å². The Morgan fingerprint density at radius 3 is 1.51 bits per heavy atom. The monoisotopic (exact) mass is 636 g/mol. The van der Waals surface area contributed by atoms with Gasteiger partial charge < -0.3 is 4.98 Å². The molecule has 175 valence electrons. The molecule has 0 amide bonds. The number of hydrogen-bond donors (Lipinski definition) is 0. The van der Waals surface area contributed by atoms with Gasteiger partial charge in [0.15, 0.2) is 17.5 Å². The largest absolute Gasteiger partial charge is 0.304 e. The molecule has 7 heteroatoms. The molecule has 0 aliphatic rings. The Morgan fingerprint density at radius 1 is 0.571 bits per heavy atom. The first-order valence-electron chi connectivity index (χ1n) is 11.1. The molecule has 0 saturated heterocycles. The van der Waals surface area contributed by atoms with Gasteiger partial charge in [0, 0.05) is 65.8 Å². The van der Waals surface area contributed by atoms with Crippen LogP contribution in [-0.4, -0.2) is 29.9 Å². The summed E-state index contributed by atoms with van der Waals surface area (Å²) in [6, 6.07) is 22.9. The summed E-state index contributed by atoms with van der Waals surface area (Å²) in [5.74, 6) is 1.76. The molecule has 0 bridgehead atoms. The summed E-state index contributed by atoms with van der Waals surface area (Å²) >= 11 is 0. The summed E-state index contributed by atoms with van der Waals surface area (Å²) in [7, 11) is 0. The van der Waals surface area contributed by atoms with Crippen molar-refractivity contribution in [3.8, 4) is 45.4 Å². The molecule has 0 aliphatic heterocycles. The Hall–Kier alpha value is -3.67. The van der Waals surface area contributed by atoms with Gasteiger partial charge in [-0.3, -0.25) is 9.97 Å². The smallest absolute Gasteiger partial charge is 0.165 e. The zero-order valence-corrected chi connectivity index (χ0v) is 22.3. The van der Waals surface area contributed by atoms with Crippen molar-refractivity contribution in [3.05, 3.63) is 95.7 Å². The van der Waals surface area contributed by atoms with Crippen molar-refractivity contribution in [2.75, 3.05) is 0 Å². The zero-order valence-electron chi connectivity index (χ0n) is 19.9. The van der Waals surface area contributed by atoms with E-state index in [1.165, 1.54) is 0 Å². The summed E-state index contributed by atoms with van der Waals surface area (Å²) in [6.45, 7) is 7.88. The molecule has 6 nitrogen and oxygen atoms in total. The zero-order chi connectivity index (χ0) is 23.7. The summed E-state index contributed by atoms with van der Waals surface area (Å²) < 4.78 is 0. The van der Waals surface area contributed by atoms with Crippen molar-refractivity contribution in [1.29, 1.82) is 0 Å². The maximum Gasteiger partial charge on any atom is 0.165 e. The molecule has 0 saturated carbocycles. The number of aryl methyl sites for hydroxylation is 4. The molecule has 4 aromatic heterocycles. The Balaban J connectivity index is 0.00000289. The normalized spacial score (nSPS) is 10.6. The van der Waals surface area contributed by atoms with E-state index in [0.29, 0.717) is 17.5 Å². The number of hydrogen-bond acceptors (Lipinski definition) is 6. The molecule has 0 fully saturated rings. The van der Waals surface area contributed by atoms with Gasteiger partial charge in [-0.05, 0) is 57.7 Å². The van der Waals surface area contributed by atoms with Crippen molar-refractivity contribution in [2.45, 2.75) is 27.7 Å². The number of rotatable bonds is 4. The fourth-order valence-corrected chi connectivity index (χ4v) is 3.93. The minimum absolute atomic E-state index is 0. The van der Waals surface area contributed by atoms with Crippen molar-refractivity contribution in [3.63, 3.8) is 0 Å². The van der Waals surface area contributed by atoms with Gasteiger partial charge in [0.25, 0.3) is 0 Å². The van der Waals surface area contributed by atoms with E-state index >= 15 is 0 Å². The maximum atomic E-state index is 4.83. The summed E-state index contributed by atoms with van der Waals surface area (Å²) in [5.41, 5.74) is 8.07. The third kappa shape index (κ3) is 5.53. The van der Waals surface area contributed by atoms with Crippen molar-refractivity contribution < 1.29 is 20.1 Å². The van der Waals surface area contributed by atoms with Crippen molar-refractivity contribution >= 4 is 0 Å². The van der Waals surface area contributed by atoms with Gasteiger partial charge >= 0.3 is 0 Å². The molecule has 1 aromatic carbocycles. The van der Waals surface area contributed by atoms with E-state index in [0.717, 1.165) is 50.7 Å². The van der Waals surface area contributed by atoms with Gasteiger partial charge in [0.1, 0.15) is 0 Å². The third-order valence-electron chi connectivity index (χ3n) is 5.32. The van der Waals surface area contributed by atoms with Crippen LogP contribution in [0.2, 0.25) is 0 Å². The van der Waals surface area contributed by atoms with Crippen molar-refractivity contribution in [2.24, 2.45) is 0 Å². The first kappa shape index (κ1) is 24.5. The summed E-state index contributed by atoms with van der Waals surface area (Å²) in [5, 5.41) is 0. The SMILES string of the molecule is Cc1cc(-c2nc(-c3ccc(-c4[c-]cccc4)nc3)nc(-c3cc(C)nc(C)c3)n2)cc(C)n1.[Ir]. The first-order valence-corrected chi connectivity index (χ1v) is 11.1. The van der Waals surface area contributed by atoms with Gasteiger partial charge in [-0.1, -0.05) is 12.1 Å². The predicted octanol–water partition coefficient (Wildman–Crippen LogP) is 5.76. The van der Waals surface area contributed by atoms with Gasteiger partial charge in [-0.15, -0.1) is 35.9 Å². The molecule has 0 spiro atoms. The van der Waals surface area contributed by atoms with Crippen LogP contribution in [0, 0.1) is 33.8 Å². The van der Waals surface area contributed by atoms with E-state index in [2.05, 4.69) is 21.0 Å². The second-order valence-corrected chi connectivity index (χ2v) is 8.29. The van der Waals surface area contributed by atoms with Crippen molar-refractivity contribution in [1.82, 2.24) is 29.9 Å². The van der Waals surface area contributed by atoms with E-state index in [-0.39, 0.29) is 20.1 Å². The minimum atomic E-state index is 0. The second kappa shape index (κ2) is 10.3. The van der Waals surface area contributed by atoms with Crippen LogP contribution in [0.25, 0.3) is 45.4 Å². The van der Waals surface area contributed by atoms with Crippen LogP contribution >= 0.6 is 0 Å². The average molecular weight is 636 g/mol. The van der Waals surface area contributed by atoms with E-state index < -0.39 is 0 Å². The molecule has 0 N–H and O–H groups in total. The number of pyridine rings is 3. The van der Waals surface area contributed by atoms with E-state index in [4.69, 9.17) is 15.0 Å². The van der Waals surface area contributed by atoms with Crippen LogP contribution in [-0.2, 0) is 20.1 Å². The van der Waals surface area contributed by atoms with Crippen LogP contribution in [0.1, 0.15) is 22.8 Å². The average Bonchev–Trinajstić information content (AvgIpc) is 2.83. The Morgan fingerprint density at radius 2 is 1.09 bits per heavy atom. The molecule has 1 radical (unpaired) electrons. The van der Waals surface area contributed by atoms with Crippen LogP contribution in [0.3, 0.4) is 0 Å². The fourth-order valence-electron chi connectivity index (χ4n) is 3.93. The Labute approximate surface area is 218 Å². The quantitative estimate of drug-likeness (QED) is 0.234. The molecular formula is C28H23IrN6-. The molecule has 0 atom stereocenters. The summed E-state index contributed by atoms with van der Waals surface area (Å²) in [4.78, 5) is 28.1. The number of aromatic nitrogens is 6. The van der Waals surface area contributed by atoms with E-state index in [1.54, 1.807) is 6.20 Å². The number of benzene rings is 1. The fraction of sp³-hybridized carbons (Fsp3) is 0.143. The van der Waals surface area contributed by atoms with Crippen LogP contribution in [0.4, 0.5) is 0 Å². The first-order chi connectivity index (χ1) is 16.4. The standard InChI is InChI=1S/C28H23N6.Ir/c1-17-12-23(13-18(2)30-17)27-32-26(33-28(34-27)24-14-19(3)31-20(4)15-24)22-10-11-25(29-16-22)21-8-6-5-7-9-21;/h5-8,10-16H,1-4H3;/q-1;. The maximum absolute atomic E-state index is 4.83.